The van der Waals surface area contributed by atoms with Gasteiger partial charge in [0, 0.05) is 24.5 Å². The lowest BCUT2D eigenvalue weighted by Gasteiger charge is -2.27. The van der Waals surface area contributed by atoms with E-state index in [-0.39, 0.29) is 12.1 Å². The lowest BCUT2D eigenvalue weighted by molar-refractivity contribution is 0.130. The Labute approximate surface area is 146 Å². The molecular formula is C18H20ClN3O2. The van der Waals surface area contributed by atoms with Crippen molar-refractivity contribution in [3.8, 4) is 0 Å². The van der Waals surface area contributed by atoms with Crippen molar-refractivity contribution in [2.45, 2.75) is 31.4 Å². The van der Waals surface area contributed by atoms with E-state index >= 15 is 0 Å². The number of hydrogen-bond acceptors (Lipinski definition) is 3. The Bertz CT molecular complexity index is 696. The maximum absolute atomic E-state index is 12.5. The normalized spacial score (nSPS) is 18.4. The number of pyridine rings is 1. The summed E-state index contributed by atoms with van der Waals surface area (Å²) < 4.78 is 0. The monoisotopic (exact) mass is 345 g/mol. The van der Waals surface area contributed by atoms with E-state index in [4.69, 9.17) is 11.6 Å². The first kappa shape index (κ1) is 16.7. The predicted octanol–water partition coefficient (Wildman–Crippen LogP) is 3.86. The summed E-state index contributed by atoms with van der Waals surface area (Å²) in [5.74, 6) is 0. The summed E-state index contributed by atoms with van der Waals surface area (Å²) in [4.78, 5) is 18.2. The van der Waals surface area contributed by atoms with Crippen molar-refractivity contribution in [2.75, 3.05) is 11.9 Å². The van der Waals surface area contributed by atoms with Crippen LogP contribution in [0, 0.1) is 0 Å². The van der Waals surface area contributed by atoms with Gasteiger partial charge in [0.05, 0.1) is 6.10 Å². The molecule has 1 fully saturated rings. The van der Waals surface area contributed by atoms with Crippen molar-refractivity contribution >= 4 is 23.3 Å². The molecule has 3 rings (SSSR count). The zero-order chi connectivity index (χ0) is 16.9. The number of amides is 2. The topological polar surface area (TPSA) is 65.5 Å². The highest BCUT2D eigenvalue weighted by molar-refractivity contribution is 6.29. The SMILES string of the molecule is O=C(Nc1ccnc(Cl)c1)N1CCCC1CC(O)c1ccccc1. The maximum Gasteiger partial charge on any atom is 0.322 e. The molecule has 1 aromatic carbocycles. The molecule has 0 aliphatic carbocycles. The molecule has 1 aromatic heterocycles. The molecule has 5 nitrogen and oxygen atoms in total. The minimum absolute atomic E-state index is 0.0255. The van der Waals surface area contributed by atoms with Crippen LogP contribution in [0.5, 0.6) is 0 Å². The summed E-state index contributed by atoms with van der Waals surface area (Å²) in [6.45, 7) is 0.691. The minimum atomic E-state index is -0.569. The number of likely N-dealkylation sites (tertiary alicyclic amines) is 1. The van der Waals surface area contributed by atoms with Crippen LogP contribution in [0.3, 0.4) is 0 Å². The van der Waals surface area contributed by atoms with Crippen LogP contribution in [0.15, 0.2) is 48.7 Å². The summed E-state index contributed by atoms with van der Waals surface area (Å²) in [6.07, 6.45) is 3.36. The molecular weight excluding hydrogens is 326 g/mol. The Morgan fingerprint density at radius 1 is 1.38 bits per heavy atom. The predicted molar refractivity (Wildman–Crippen MR) is 94.0 cm³/mol. The summed E-state index contributed by atoms with van der Waals surface area (Å²) in [7, 11) is 0. The number of nitrogens with zero attached hydrogens (tertiary/aromatic N) is 2. The van der Waals surface area contributed by atoms with E-state index in [1.54, 1.807) is 23.2 Å². The van der Waals surface area contributed by atoms with Crippen LogP contribution in [-0.4, -0.2) is 33.6 Å². The van der Waals surface area contributed by atoms with Crippen molar-refractivity contribution in [1.82, 2.24) is 9.88 Å². The van der Waals surface area contributed by atoms with Gasteiger partial charge in [-0.15, -0.1) is 0 Å². The van der Waals surface area contributed by atoms with Gasteiger partial charge in [-0.25, -0.2) is 9.78 Å². The number of aliphatic hydroxyl groups is 1. The minimum Gasteiger partial charge on any atom is -0.388 e. The first-order chi connectivity index (χ1) is 11.6. The molecule has 2 amide bonds. The first-order valence-corrected chi connectivity index (χ1v) is 8.43. The third-order valence-corrected chi connectivity index (χ3v) is 4.50. The van der Waals surface area contributed by atoms with Gasteiger partial charge in [0.15, 0.2) is 0 Å². The van der Waals surface area contributed by atoms with Crippen LogP contribution in [0.25, 0.3) is 0 Å². The molecule has 2 unspecified atom stereocenters. The number of anilines is 1. The number of rotatable bonds is 4. The zero-order valence-electron chi connectivity index (χ0n) is 13.2. The number of nitrogens with one attached hydrogen (secondary N) is 1. The standard InChI is InChI=1S/C18H20ClN3O2/c19-17-11-14(8-9-20-17)21-18(24)22-10-4-7-15(22)12-16(23)13-5-2-1-3-6-13/h1-3,5-6,8-9,11,15-16,23H,4,7,10,12H2,(H,20,21,24). The smallest absolute Gasteiger partial charge is 0.322 e. The molecule has 24 heavy (non-hydrogen) atoms. The average Bonchev–Trinajstić information content (AvgIpc) is 3.04. The Morgan fingerprint density at radius 2 is 2.17 bits per heavy atom. The molecule has 2 atom stereocenters. The Hall–Kier alpha value is -2.11. The third-order valence-electron chi connectivity index (χ3n) is 4.30. The molecule has 2 heterocycles. The van der Waals surface area contributed by atoms with E-state index in [9.17, 15) is 9.90 Å². The Balaban J connectivity index is 1.63. The maximum atomic E-state index is 12.5. The van der Waals surface area contributed by atoms with E-state index in [0.717, 1.165) is 18.4 Å². The van der Waals surface area contributed by atoms with Crippen LogP contribution >= 0.6 is 11.6 Å². The van der Waals surface area contributed by atoms with Crippen molar-refractivity contribution in [2.24, 2.45) is 0 Å². The fourth-order valence-corrected chi connectivity index (χ4v) is 3.27. The lowest BCUT2D eigenvalue weighted by atomic mass is 10.0. The summed E-state index contributed by atoms with van der Waals surface area (Å²) in [5, 5.41) is 13.6. The lowest BCUT2D eigenvalue weighted by Crippen LogP contribution is -2.39. The third kappa shape index (κ3) is 4.04. The van der Waals surface area contributed by atoms with Gasteiger partial charge in [-0.1, -0.05) is 41.9 Å². The highest BCUT2D eigenvalue weighted by atomic mass is 35.5. The molecule has 0 saturated carbocycles. The van der Waals surface area contributed by atoms with Gasteiger partial charge in [-0.3, -0.25) is 0 Å². The van der Waals surface area contributed by atoms with Crippen molar-refractivity contribution in [3.63, 3.8) is 0 Å². The van der Waals surface area contributed by atoms with Gasteiger partial charge < -0.3 is 15.3 Å². The van der Waals surface area contributed by atoms with Gasteiger partial charge >= 0.3 is 6.03 Å². The fourth-order valence-electron chi connectivity index (χ4n) is 3.09. The van der Waals surface area contributed by atoms with Crippen molar-refractivity contribution in [1.29, 1.82) is 0 Å². The zero-order valence-corrected chi connectivity index (χ0v) is 14.0. The molecule has 2 aromatic rings. The Kier molecular flexibility index (Phi) is 5.33. The average molecular weight is 346 g/mol. The second kappa shape index (κ2) is 7.64. The van der Waals surface area contributed by atoms with E-state index in [2.05, 4.69) is 10.3 Å². The highest BCUT2D eigenvalue weighted by Gasteiger charge is 2.30. The van der Waals surface area contributed by atoms with E-state index in [0.29, 0.717) is 23.8 Å². The summed E-state index contributed by atoms with van der Waals surface area (Å²) >= 11 is 5.84. The number of aliphatic hydroxyl groups excluding tert-OH is 1. The van der Waals surface area contributed by atoms with Crippen LogP contribution in [0.2, 0.25) is 5.15 Å². The molecule has 2 N–H and O–H groups in total. The number of carbonyl (C=O) groups excluding carboxylic acids is 1. The largest absolute Gasteiger partial charge is 0.388 e. The van der Waals surface area contributed by atoms with Gasteiger partial charge in [-0.2, -0.15) is 0 Å². The van der Waals surface area contributed by atoms with Crippen LogP contribution in [0.4, 0.5) is 10.5 Å². The molecule has 0 radical (unpaired) electrons. The van der Waals surface area contributed by atoms with Crippen LogP contribution in [0.1, 0.15) is 30.9 Å². The Morgan fingerprint density at radius 3 is 2.92 bits per heavy atom. The number of benzene rings is 1. The molecule has 126 valence electrons. The second-order valence-corrected chi connectivity index (χ2v) is 6.34. The number of aromatic nitrogens is 1. The fraction of sp³-hybridized carbons (Fsp3) is 0.333. The van der Waals surface area contributed by atoms with Crippen molar-refractivity contribution in [3.05, 3.63) is 59.4 Å². The molecule has 1 aliphatic heterocycles. The molecule has 1 saturated heterocycles. The van der Waals surface area contributed by atoms with E-state index in [1.807, 2.05) is 30.3 Å². The molecule has 0 bridgehead atoms. The summed E-state index contributed by atoms with van der Waals surface area (Å²) in [5.41, 5.74) is 1.50. The summed E-state index contributed by atoms with van der Waals surface area (Å²) in [6, 6.07) is 12.7. The van der Waals surface area contributed by atoms with Crippen LogP contribution < -0.4 is 5.32 Å². The van der Waals surface area contributed by atoms with E-state index < -0.39 is 6.10 Å². The van der Waals surface area contributed by atoms with E-state index in [1.165, 1.54) is 0 Å². The van der Waals surface area contributed by atoms with Gasteiger partial charge in [-0.05, 0) is 37.0 Å². The van der Waals surface area contributed by atoms with Gasteiger partial charge in [0.2, 0.25) is 0 Å². The molecule has 0 spiro atoms. The molecule has 1 aliphatic rings. The number of hydrogen-bond donors (Lipinski definition) is 2. The highest BCUT2D eigenvalue weighted by Crippen LogP contribution is 2.28. The number of carbonyl (C=O) groups is 1. The molecule has 6 heteroatoms. The first-order valence-electron chi connectivity index (χ1n) is 8.05. The number of urea groups is 1. The second-order valence-electron chi connectivity index (χ2n) is 5.95. The quantitative estimate of drug-likeness (QED) is 0.827. The van der Waals surface area contributed by atoms with Gasteiger partial charge in [0.25, 0.3) is 0 Å². The van der Waals surface area contributed by atoms with Crippen molar-refractivity contribution < 1.29 is 9.90 Å². The van der Waals surface area contributed by atoms with Gasteiger partial charge in [0.1, 0.15) is 5.15 Å². The number of halogens is 1. The van der Waals surface area contributed by atoms with Crippen LogP contribution in [-0.2, 0) is 0 Å².